The number of benzene rings is 1. The van der Waals surface area contributed by atoms with E-state index >= 15 is 0 Å². The zero-order valence-electron chi connectivity index (χ0n) is 14.4. The lowest BCUT2D eigenvalue weighted by Crippen LogP contribution is -2.40. The molecule has 1 fully saturated rings. The number of likely N-dealkylation sites (tertiary alicyclic amines) is 1. The fourth-order valence-corrected chi connectivity index (χ4v) is 3.75. The molecule has 3 heterocycles. The van der Waals surface area contributed by atoms with Gasteiger partial charge in [0.15, 0.2) is 0 Å². The van der Waals surface area contributed by atoms with Crippen LogP contribution in [0.15, 0.2) is 48.8 Å². The molecule has 1 atom stereocenters. The van der Waals surface area contributed by atoms with Crippen LogP contribution in [0.4, 0.5) is 0 Å². The third-order valence-electron chi connectivity index (χ3n) is 4.96. The van der Waals surface area contributed by atoms with Gasteiger partial charge < -0.3 is 4.90 Å². The highest BCUT2D eigenvalue weighted by Crippen LogP contribution is 2.25. The Morgan fingerprint density at radius 3 is 2.96 bits per heavy atom. The number of carbonyl (C=O) groups excluding carboxylic acids is 1. The van der Waals surface area contributed by atoms with Crippen LogP contribution in [0.1, 0.15) is 28.9 Å². The van der Waals surface area contributed by atoms with E-state index in [1.54, 1.807) is 10.7 Å². The Hall–Kier alpha value is -2.69. The van der Waals surface area contributed by atoms with Crippen molar-refractivity contribution >= 4 is 16.8 Å². The molecule has 25 heavy (non-hydrogen) atoms. The zero-order valence-corrected chi connectivity index (χ0v) is 14.4. The van der Waals surface area contributed by atoms with E-state index in [0.29, 0.717) is 11.6 Å². The number of rotatable bonds is 3. The van der Waals surface area contributed by atoms with E-state index in [2.05, 4.69) is 34.3 Å². The van der Waals surface area contributed by atoms with Crippen LogP contribution in [0.3, 0.4) is 0 Å². The monoisotopic (exact) mass is 334 g/mol. The first kappa shape index (κ1) is 15.8. The Kier molecular flexibility index (Phi) is 4.22. The molecule has 4 rings (SSSR count). The Bertz CT molecular complexity index is 896. The molecule has 0 aliphatic carbocycles. The SMILES string of the molecule is Cn1ccc(C(=O)N2CCC[C@@H](Cc3cccc4cccnc34)C2)n1. The Labute approximate surface area is 147 Å². The summed E-state index contributed by atoms with van der Waals surface area (Å²) < 4.78 is 1.68. The number of nitrogens with zero attached hydrogens (tertiary/aromatic N) is 4. The molecular weight excluding hydrogens is 312 g/mol. The molecule has 2 aromatic heterocycles. The number of para-hydroxylation sites is 1. The maximum Gasteiger partial charge on any atom is 0.274 e. The van der Waals surface area contributed by atoms with Crippen molar-refractivity contribution in [3.05, 3.63) is 60.0 Å². The molecule has 1 aliphatic heterocycles. The van der Waals surface area contributed by atoms with Crippen molar-refractivity contribution in [1.82, 2.24) is 19.7 Å². The molecule has 128 valence electrons. The van der Waals surface area contributed by atoms with Crippen molar-refractivity contribution in [2.45, 2.75) is 19.3 Å². The number of amides is 1. The summed E-state index contributed by atoms with van der Waals surface area (Å²) in [6.07, 6.45) is 6.82. The molecule has 5 nitrogen and oxygen atoms in total. The van der Waals surface area contributed by atoms with Crippen molar-refractivity contribution in [2.75, 3.05) is 13.1 Å². The number of aromatic nitrogens is 3. The minimum absolute atomic E-state index is 0.0429. The second kappa shape index (κ2) is 6.67. The summed E-state index contributed by atoms with van der Waals surface area (Å²) in [6, 6.07) is 12.2. The van der Waals surface area contributed by atoms with Gasteiger partial charge in [0.2, 0.25) is 0 Å². The first-order valence-corrected chi connectivity index (χ1v) is 8.82. The van der Waals surface area contributed by atoms with Gasteiger partial charge in [-0.2, -0.15) is 5.10 Å². The van der Waals surface area contributed by atoms with Crippen LogP contribution in [0.25, 0.3) is 10.9 Å². The maximum absolute atomic E-state index is 12.7. The van der Waals surface area contributed by atoms with E-state index < -0.39 is 0 Å². The fraction of sp³-hybridized carbons (Fsp3) is 0.350. The van der Waals surface area contributed by atoms with Crippen LogP contribution in [0.5, 0.6) is 0 Å². The molecule has 0 bridgehead atoms. The maximum atomic E-state index is 12.7. The molecule has 0 N–H and O–H groups in total. The average Bonchev–Trinajstić information content (AvgIpc) is 3.08. The Morgan fingerprint density at radius 2 is 2.12 bits per heavy atom. The lowest BCUT2D eigenvalue weighted by Gasteiger charge is -2.32. The van der Waals surface area contributed by atoms with E-state index in [9.17, 15) is 4.79 Å². The molecule has 0 spiro atoms. The Balaban J connectivity index is 1.50. The highest BCUT2D eigenvalue weighted by atomic mass is 16.2. The van der Waals surface area contributed by atoms with Gasteiger partial charge >= 0.3 is 0 Å². The predicted molar refractivity (Wildman–Crippen MR) is 97.3 cm³/mol. The van der Waals surface area contributed by atoms with Gasteiger partial charge in [0.25, 0.3) is 5.91 Å². The molecule has 1 amide bonds. The number of hydrogen-bond acceptors (Lipinski definition) is 3. The summed E-state index contributed by atoms with van der Waals surface area (Å²) in [4.78, 5) is 19.2. The Morgan fingerprint density at radius 1 is 1.24 bits per heavy atom. The lowest BCUT2D eigenvalue weighted by atomic mass is 9.90. The second-order valence-corrected chi connectivity index (χ2v) is 6.83. The summed E-state index contributed by atoms with van der Waals surface area (Å²) in [5.41, 5.74) is 2.89. The first-order valence-electron chi connectivity index (χ1n) is 8.82. The fourth-order valence-electron chi connectivity index (χ4n) is 3.75. The molecule has 1 saturated heterocycles. The second-order valence-electron chi connectivity index (χ2n) is 6.83. The van der Waals surface area contributed by atoms with Crippen LogP contribution in [0, 0.1) is 5.92 Å². The normalized spacial score (nSPS) is 17.8. The topological polar surface area (TPSA) is 51.0 Å². The number of pyridine rings is 1. The summed E-state index contributed by atoms with van der Waals surface area (Å²) >= 11 is 0. The van der Waals surface area contributed by atoms with E-state index in [1.807, 2.05) is 30.4 Å². The molecule has 1 aliphatic rings. The van der Waals surface area contributed by atoms with Crippen LogP contribution in [-0.4, -0.2) is 38.7 Å². The minimum Gasteiger partial charge on any atom is -0.337 e. The predicted octanol–water partition coefficient (Wildman–Crippen LogP) is 3.06. The van der Waals surface area contributed by atoms with Crippen molar-refractivity contribution < 1.29 is 4.79 Å². The minimum atomic E-state index is 0.0429. The van der Waals surface area contributed by atoms with Gasteiger partial charge in [0.05, 0.1) is 5.52 Å². The summed E-state index contributed by atoms with van der Waals surface area (Å²) in [5, 5.41) is 5.43. The van der Waals surface area contributed by atoms with Crippen molar-refractivity contribution in [3.8, 4) is 0 Å². The van der Waals surface area contributed by atoms with E-state index in [0.717, 1.165) is 37.9 Å². The largest absolute Gasteiger partial charge is 0.337 e. The number of carbonyl (C=O) groups is 1. The highest BCUT2D eigenvalue weighted by molar-refractivity contribution is 5.92. The van der Waals surface area contributed by atoms with Crippen LogP contribution < -0.4 is 0 Å². The molecular formula is C20H22N4O. The number of hydrogen-bond donors (Lipinski definition) is 0. The van der Waals surface area contributed by atoms with Gasteiger partial charge in [-0.3, -0.25) is 14.5 Å². The smallest absolute Gasteiger partial charge is 0.274 e. The van der Waals surface area contributed by atoms with Gasteiger partial charge in [-0.05, 0) is 42.9 Å². The summed E-state index contributed by atoms with van der Waals surface area (Å²) in [6.45, 7) is 1.61. The molecule has 5 heteroatoms. The van der Waals surface area contributed by atoms with Crippen molar-refractivity contribution in [3.63, 3.8) is 0 Å². The van der Waals surface area contributed by atoms with Crippen LogP contribution >= 0.6 is 0 Å². The van der Waals surface area contributed by atoms with E-state index in [4.69, 9.17) is 0 Å². The van der Waals surface area contributed by atoms with Gasteiger partial charge in [0.1, 0.15) is 5.69 Å². The number of piperidine rings is 1. The summed E-state index contributed by atoms with van der Waals surface area (Å²) in [5.74, 6) is 0.510. The van der Waals surface area contributed by atoms with Crippen molar-refractivity contribution in [1.29, 1.82) is 0 Å². The van der Waals surface area contributed by atoms with Gasteiger partial charge in [0, 0.05) is 37.9 Å². The lowest BCUT2D eigenvalue weighted by molar-refractivity contribution is 0.0667. The van der Waals surface area contributed by atoms with E-state index in [-0.39, 0.29) is 5.91 Å². The van der Waals surface area contributed by atoms with Crippen LogP contribution in [0.2, 0.25) is 0 Å². The van der Waals surface area contributed by atoms with Gasteiger partial charge in [-0.15, -0.1) is 0 Å². The third kappa shape index (κ3) is 3.27. The van der Waals surface area contributed by atoms with Gasteiger partial charge in [-0.1, -0.05) is 24.3 Å². The molecule has 0 radical (unpaired) electrons. The molecule has 1 aromatic carbocycles. The molecule has 0 saturated carbocycles. The molecule has 0 unspecified atom stereocenters. The first-order chi connectivity index (χ1) is 12.2. The molecule has 3 aromatic rings. The summed E-state index contributed by atoms with van der Waals surface area (Å²) in [7, 11) is 1.84. The number of fused-ring (bicyclic) bond motifs is 1. The zero-order chi connectivity index (χ0) is 17.2. The van der Waals surface area contributed by atoms with Gasteiger partial charge in [-0.25, -0.2) is 0 Å². The number of aryl methyl sites for hydroxylation is 1. The standard InChI is InChI=1S/C20H22N4O/c1-23-12-9-18(22-23)20(25)24-11-4-5-15(14-24)13-17-7-2-6-16-8-3-10-21-19(16)17/h2-3,6-10,12,15H,4-5,11,13-14H2,1H3/t15-/m0/s1. The van der Waals surface area contributed by atoms with E-state index in [1.165, 1.54) is 10.9 Å². The third-order valence-corrected chi connectivity index (χ3v) is 4.96. The highest BCUT2D eigenvalue weighted by Gasteiger charge is 2.26. The quantitative estimate of drug-likeness (QED) is 0.740. The van der Waals surface area contributed by atoms with Crippen LogP contribution in [-0.2, 0) is 13.5 Å². The average molecular weight is 334 g/mol. The van der Waals surface area contributed by atoms with Crippen molar-refractivity contribution in [2.24, 2.45) is 13.0 Å².